The zero-order chi connectivity index (χ0) is 22.7. The molecule has 166 valence electrons. The predicted molar refractivity (Wildman–Crippen MR) is 125 cm³/mol. The molecule has 2 heterocycles. The summed E-state index contributed by atoms with van der Waals surface area (Å²) in [5.41, 5.74) is 3.31. The number of fused-ring (bicyclic) bond motifs is 1. The largest absolute Gasteiger partial charge is 0.368 e. The highest BCUT2D eigenvalue weighted by atomic mass is 16.6. The average molecular weight is 434 g/mol. The molecular weight excluding hydrogens is 406 g/mol. The number of hydrogen-bond donors (Lipinski definition) is 1. The molecule has 2 aromatic carbocycles. The highest BCUT2D eigenvalue weighted by Crippen LogP contribution is 2.33. The van der Waals surface area contributed by atoms with E-state index in [0.717, 1.165) is 42.8 Å². The van der Waals surface area contributed by atoms with Crippen LogP contribution >= 0.6 is 0 Å². The number of carbonyl (C=O) groups excluding carboxylic acids is 1. The van der Waals surface area contributed by atoms with Gasteiger partial charge in [0.15, 0.2) is 0 Å². The summed E-state index contributed by atoms with van der Waals surface area (Å²) in [7, 11) is 0. The molecule has 8 nitrogen and oxygen atoms in total. The van der Waals surface area contributed by atoms with Crippen molar-refractivity contribution in [1.29, 1.82) is 0 Å². The van der Waals surface area contributed by atoms with Crippen molar-refractivity contribution in [2.75, 3.05) is 31.1 Å². The molecule has 1 aromatic heterocycles. The number of nitrogens with one attached hydrogen (secondary N) is 1. The first-order valence-corrected chi connectivity index (χ1v) is 10.8. The van der Waals surface area contributed by atoms with Crippen LogP contribution in [0.15, 0.2) is 54.9 Å². The van der Waals surface area contributed by atoms with Gasteiger partial charge in [0.05, 0.1) is 16.4 Å². The molecule has 3 aromatic rings. The van der Waals surface area contributed by atoms with E-state index in [0.29, 0.717) is 11.9 Å². The van der Waals surface area contributed by atoms with Crippen LogP contribution in [0, 0.1) is 17.0 Å². The standard InChI is InChI=1S/C24H27N5O3/c1-17-3-5-19(6-4-17)15-26-24(30)18(2)27-11-13-28(14-12-27)22-7-8-23(29(31)32)21-16-25-10-9-20(21)22/h3-10,16,18H,11-15H2,1-2H3,(H,26,30). The number of nitro benzene ring substituents is 1. The molecule has 0 aliphatic carbocycles. The van der Waals surface area contributed by atoms with Crippen molar-refractivity contribution in [2.24, 2.45) is 0 Å². The summed E-state index contributed by atoms with van der Waals surface area (Å²) in [5, 5.41) is 15.8. The molecular formula is C24H27N5O3. The van der Waals surface area contributed by atoms with Crippen LogP contribution in [-0.4, -0.2) is 52.9 Å². The lowest BCUT2D eigenvalue weighted by molar-refractivity contribution is -0.383. The SMILES string of the molecule is Cc1ccc(CNC(=O)C(C)N2CCN(c3ccc([N+](=O)[O-])c4cnccc34)CC2)cc1. The van der Waals surface area contributed by atoms with E-state index < -0.39 is 0 Å². The average Bonchev–Trinajstić information content (AvgIpc) is 2.82. The van der Waals surface area contributed by atoms with Gasteiger partial charge in [0.1, 0.15) is 0 Å². The van der Waals surface area contributed by atoms with Gasteiger partial charge >= 0.3 is 0 Å². The molecule has 0 saturated carbocycles. The number of aromatic nitrogens is 1. The van der Waals surface area contributed by atoms with Crippen LogP contribution in [0.4, 0.5) is 11.4 Å². The fraction of sp³-hybridized carbons (Fsp3) is 0.333. The van der Waals surface area contributed by atoms with Crippen molar-refractivity contribution in [1.82, 2.24) is 15.2 Å². The van der Waals surface area contributed by atoms with Crippen molar-refractivity contribution < 1.29 is 9.72 Å². The van der Waals surface area contributed by atoms with E-state index >= 15 is 0 Å². The first-order valence-electron chi connectivity index (χ1n) is 10.8. The van der Waals surface area contributed by atoms with Crippen LogP contribution in [0.2, 0.25) is 0 Å². The first kappa shape index (κ1) is 21.7. The maximum absolute atomic E-state index is 12.7. The molecule has 1 saturated heterocycles. The summed E-state index contributed by atoms with van der Waals surface area (Å²) < 4.78 is 0. The summed E-state index contributed by atoms with van der Waals surface area (Å²) in [5.74, 6) is 0.0193. The summed E-state index contributed by atoms with van der Waals surface area (Å²) in [6.45, 7) is 7.46. The molecule has 0 radical (unpaired) electrons. The number of carbonyl (C=O) groups is 1. The molecule has 1 atom stereocenters. The molecule has 1 fully saturated rings. The van der Waals surface area contributed by atoms with Gasteiger partial charge in [-0.25, -0.2) is 0 Å². The number of amides is 1. The maximum Gasteiger partial charge on any atom is 0.278 e. The van der Waals surface area contributed by atoms with Gasteiger partial charge in [-0.1, -0.05) is 29.8 Å². The molecule has 1 amide bonds. The topological polar surface area (TPSA) is 91.6 Å². The van der Waals surface area contributed by atoms with Crippen molar-refractivity contribution in [2.45, 2.75) is 26.4 Å². The lowest BCUT2D eigenvalue weighted by Gasteiger charge is -2.38. The van der Waals surface area contributed by atoms with Gasteiger partial charge in [-0.15, -0.1) is 0 Å². The Morgan fingerprint density at radius 3 is 2.50 bits per heavy atom. The normalized spacial score (nSPS) is 15.5. The van der Waals surface area contributed by atoms with E-state index in [1.54, 1.807) is 18.5 Å². The minimum absolute atomic E-state index is 0.0193. The van der Waals surface area contributed by atoms with Crippen molar-refractivity contribution in [3.63, 3.8) is 0 Å². The van der Waals surface area contributed by atoms with E-state index in [2.05, 4.69) is 20.1 Å². The van der Waals surface area contributed by atoms with Crippen LogP contribution in [0.25, 0.3) is 10.8 Å². The Balaban J connectivity index is 1.38. The number of piperazine rings is 1. The van der Waals surface area contributed by atoms with Crippen LogP contribution in [0.1, 0.15) is 18.1 Å². The van der Waals surface area contributed by atoms with Crippen LogP contribution < -0.4 is 10.2 Å². The minimum Gasteiger partial charge on any atom is -0.368 e. The third kappa shape index (κ3) is 4.55. The number of non-ortho nitro benzene ring substituents is 1. The molecule has 0 bridgehead atoms. The maximum atomic E-state index is 12.7. The molecule has 8 heteroatoms. The predicted octanol–water partition coefficient (Wildman–Crippen LogP) is 3.28. The number of hydrogen-bond acceptors (Lipinski definition) is 6. The molecule has 1 aliphatic rings. The lowest BCUT2D eigenvalue weighted by Crippen LogP contribution is -2.53. The second-order valence-corrected chi connectivity index (χ2v) is 8.18. The van der Waals surface area contributed by atoms with Crippen LogP contribution in [0.5, 0.6) is 0 Å². The number of pyridine rings is 1. The van der Waals surface area contributed by atoms with Gasteiger partial charge in [-0.2, -0.15) is 0 Å². The van der Waals surface area contributed by atoms with Gasteiger partial charge in [0.25, 0.3) is 5.69 Å². The number of nitrogens with zero attached hydrogens (tertiary/aromatic N) is 4. The van der Waals surface area contributed by atoms with Crippen LogP contribution in [-0.2, 0) is 11.3 Å². The van der Waals surface area contributed by atoms with E-state index in [4.69, 9.17) is 0 Å². The van der Waals surface area contributed by atoms with E-state index in [-0.39, 0.29) is 22.6 Å². The van der Waals surface area contributed by atoms with Gasteiger partial charge in [-0.3, -0.25) is 24.8 Å². The smallest absolute Gasteiger partial charge is 0.278 e. The number of rotatable bonds is 6. The Labute approximate surface area is 187 Å². The Kier molecular flexibility index (Phi) is 6.32. The first-order chi connectivity index (χ1) is 15.4. The Hall–Kier alpha value is -3.52. The molecule has 32 heavy (non-hydrogen) atoms. The lowest BCUT2D eigenvalue weighted by atomic mass is 10.1. The highest BCUT2D eigenvalue weighted by molar-refractivity contribution is 5.99. The third-order valence-electron chi connectivity index (χ3n) is 6.14. The molecule has 1 aliphatic heterocycles. The molecule has 0 spiro atoms. The van der Waals surface area contributed by atoms with E-state index in [1.165, 1.54) is 5.56 Å². The summed E-state index contributed by atoms with van der Waals surface area (Å²) in [4.78, 5) is 32.1. The summed E-state index contributed by atoms with van der Waals surface area (Å²) in [6, 6.07) is 13.1. The Bertz CT molecular complexity index is 1120. The fourth-order valence-electron chi connectivity index (χ4n) is 4.15. The third-order valence-corrected chi connectivity index (χ3v) is 6.14. The number of anilines is 1. The molecule has 4 rings (SSSR count). The number of nitro groups is 1. The second-order valence-electron chi connectivity index (χ2n) is 8.18. The summed E-state index contributed by atoms with van der Waals surface area (Å²) >= 11 is 0. The number of benzene rings is 2. The van der Waals surface area contributed by atoms with Crippen molar-refractivity contribution >= 4 is 28.1 Å². The summed E-state index contributed by atoms with van der Waals surface area (Å²) in [6.07, 6.45) is 3.21. The Morgan fingerprint density at radius 2 is 1.81 bits per heavy atom. The Morgan fingerprint density at radius 1 is 1.09 bits per heavy atom. The van der Waals surface area contributed by atoms with Crippen molar-refractivity contribution in [3.05, 3.63) is 76.1 Å². The second kappa shape index (κ2) is 9.32. The zero-order valence-electron chi connectivity index (χ0n) is 18.3. The van der Waals surface area contributed by atoms with Crippen LogP contribution in [0.3, 0.4) is 0 Å². The number of aryl methyl sites for hydroxylation is 1. The van der Waals surface area contributed by atoms with Gasteiger partial charge in [-0.05, 0) is 31.5 Å². The molecule has 1 unspecified atom stereocenters. The van der Waals surface area contributed by atoms with E-state index in [1.807, 2.05) is 50.2 Å². The van der Waals surface area contributed by atoms with Gasteiger partial charge < -0.3 is 10.2 Å². The van der Waals surface area contributed by atoms with E-state index in [9.17, 15) is 14.9 Å². The molecule has 1 N–H and O–H groups in total. The van der Waals surface area contributed by atoms with Gasteiger partial charge in [0, 0.05) is 62.3 Å². The van der Waals surface area contributed by atoms with Crippen molar-refractivity contribution in [3.8, 4) is 0 Å². The minimum atomic E-state index is -0.372. The highest BCUT2D eigenvalue weighted by Gasteiger charge is 2.27. The quantitative estimate of drug-likeness (QED) is 0.474. The monoisotopic (exact) mass is 433 g/mol. The fourth-order valence-corrected chi connectivity index (χ4v) is 4.15. The zero-order valence-corrected chi connectivity index (χ0v) is 18.3. The van der Waals surface area contributed by atoms with Gasteiger partial charge in [0.2, 0.25) is 5.91 Å².